The lowest BCUT2D eigenvalue weighted by Gasteiger charge is -2.31. The predicted molar refractivity (Wildman–Crippen MR) is 126 cm³/mol. The Morgan fingerprint density at radius 2 is 2.06 bits per heavy atom. The maximum Gasteiger partial charge on any atom is 0.166 e. The van der Waals surface area contributed by atoms with Crippen LogP contribution in [-0.4, -0.2) is 47.7 Å². The number of likely N-dealkylation sites (tertiary alicyclic amines) is 1. The van der Waals surface area contributed by atoms with Gasteiger partial charge in [0.2, 0.25) is 0 Å². The van der Waals surface area contributed by atoms with Gasteiger partial charge in [0.05, 0.1) is 29.7 Å². The van der Waals surface area contributed by atoms with Crippen molar-refractivity contribution in [3.8, 4) is 11.5 Å². The Bertz CT molecular complexity index is 1190. The third kappa shape index (κ3) is 4.75. The molecule has 0 amide bonds. The molecule has 1 N–H and O–H groups in total. The Morgan fingerprint density at radius 3 is 2.78 bits per heavy atom. The van der Waals surface area contributed by atoms with Crippen LogP contribution in [0, 0.1) is 5.82 Å². The minimum Gasteiger partial charge on any atom is -0.493 e. The van der Waals surface area contributed by atoms with Gasteiger partial charge in [0.1, 0.15) is 18.2 Å². The zero-order valence-corrected chi connectivity index (χ0v) is 19.0. The van der Waals surface area contributed by atoms with Gasteiger partial charge in [0.15, 0.2) is 17.3 Å². The second-order valence-corrected chi connectivity index (χ2v) is 8.11. The fourth-order valence-electron chi connectivity index (χ4n) is 3.58. The molecule has 1 aliphatic rings. The van der Waals surface area contributed by atoms with E-state index < -0.39 is 11.9 Å². The van der Waals surface area contributed by atoms with Crippen LogP contribution in [0.3, 0.4) is 0 Å². The van der Waals surface area contributed by atoms with Gasteiger partial charge >= 0.3 is 0 Å². The van der Waals surface area contributed by atoms with E-state index in [1.54, 1.807) is 12.1 Å². The molecule has 0 spiro atoms. The highest BCUT2D eigenvalue weighted by Crippen LogP contribution is 2.37. The second kappa shape index (κ2) is 9.90. The molecular weight excluding hydrogens is 454 g/mol. The number of nitrogens with zero attached hydrogens (tertiary/aromatic N) is 3. The summed E-state index contributed by atoms with van der Waals surface area (Å²) in [6, 6.07) is 6.39. The number of methoxy groups -OCH3 is 1. The number of nitrogens with one attached hydrogen (secondary N) is 1. The number of rotatable bonds is 7. The van der Waals surface area contributed by atoms with Gasteiger partial charge in [-0.2, -0.15) is 0 Å². The Kier molecular flexibility index (Phi) is 6.57. The Balaban J connectivity index is 1.67. The first-order valence-corrected chi connectivity index (χ1v) is 10.8. The lowest BCUT2D eigenvalue weighted by Crippen LogP contribution is -2.38. The van der Waals surface area contributed by atoms with Crippen molar-refractivity contribution in [1.82, 2.24) is 14.9 Å². The molecule has 0 atom stereocenters. The molecule has 2 aromatic carbocycles. The van der Waals surface area contributed by atoms with Gasteiger partial charge in [0.25, 0.3) is 0 Å². The molecule has 1 fully saturated rings. The van der Waals surface area contributed by atoms with Crippen LogP contribution in [-0.2, 0) is 0 Å². The molecule has 0 unspecified atom stereocenters. The summed E-state index contributed by atoms with van der Waals surface area (Å²) in [6.45, 7) is 6.02. The van der Waals surface area contributed by atoms with Crippen molar-refractivity contribution in [1.29, 1.82) is 0 Å². The van der Waals surface area contributed by atoms with Crippen LogP contribution in [0.4, 0.5) is 15.9 Å². The normalized spacial score (nSPS) is 16.4. The van der Waals surface area contributed by atoms with Crippen LogP contribution in [0.15, 0.2) is 43.2 Å². The molecule has 2 heterocycles. The molecule has 0 saturated carbocycles. The summed E-state index contributed by atoms with van der Waals surface area (Å²) in [5.41, 5.74) is 0.686. The number of fused-ring (bicyclic) bond motifs is 1. The van der Waals surface area contributed by atoms with Gasteiger partial charge in [-0.1, -0.05) is 29.3 Å². The number of hydrogen-bond donors (Lipinski definition) is 1. The molecule has 1 saturated heterocycles. The number of aromatic nitrogens is 2. The van der Waals surface area contributed by atoms with Crippen LogP contribution >= 0.6 is 23.2 Å². The molecular formula is C23H23Cl2FN4O2. The second-order valence-electron chi connectivity index (χ2n) is 7.32. The number of benzene rings is 2. The third-order valence-electron chi connectivity index (χ3n) is 5.26. The number of hydrogen-bond acceptors (Lipinski definition) is 6. The average molecular weight is 478 g/mol. The zero-order valence-electron chi connectivity index (χ0n) is 18.5. The van der Waals surface area contributed by atoms with Crippen molar-refractivity contribution in [2.45, 2.75) is 18.9 Å². The number of ether oxygens (including phenoxy) is 2. The van der Waals surface area contributed by atoms with Crippen molar-refractivity contribution in [2.24, 2.45) is 0 Å². The van der Waals surface area contributed by atoms with Crippen LogP contribution in [0.5, 0.6) is 11.5 Å². The third-order valence-corrected chi connectivity index (χ3v) is 6.05. The maximum atomic E-state index is 14.6. The standard InChI is InChI=1S/C23H23Cl2FN4O2/c1-3-8-30-9-6-14(7-10-30)32-20-11-15-18(12-19(20)31-2)27-13-28-23(15)29-17-5-4-16(24)21(25)22(17)26/h3-5,11-14H,1,6-10H2,2H3,(H,27,28,29)/i14D. The molecule has 32 heavy (non-hydrogen) atoms. The number of halogens is 3. The van der Waals surface area contributed by atoms with E-state index in [9.17, 15) is 4.39 Å². The Hall–Kier alpha value is -2.61. The van der Waals surface area contributed by atoms with Crippen molar-refractivity contribution < 1.29 is 15.2 Å². The maximum absolute atomic E-state index is 14.6. The van der Waals surface area contributed by atoms with Crippen LogP contribution in [0.25, 0.3) is 10.9 Å². The van der Waals surface area contributed by atoms with E-state index >= 15 is 0 Å². The first kappa shape index (κ1) is 21.2. The summed E-state index contributed by atoms with van der Waals surface area (Å²) >= 11 is 11.8. The highest BCUT2D eigenvalue weighted by atomic mass is 35.5. The van der Waals surface area contributed by atoms with Gasteiger partial charge < -0.3 is 14.8 Å². The van der Waals surface area contributed by atoms with Crippen molar-refractivity contribution >= 4 is 45.6 Å². The summed E-state index contributed by atoms with van der Waals surface area (Å²) < 4.78 is 35.1. The molecule has 0 radical (unpaired) electrons. The molecule has 1 aromatic heterocycles. The van der Waals surface area contributed by atoms with Gasteiger partial charge in [-0.25, -0.2) is 14.4 Å². The summed E-state index contributed by atoms with van der Waals surface area (Å²) in [4.78, 5) is 10.8. The molecule has 9 heteroatoms. The van der Waals surface area contributed by atoms with Gasteiger partial charge in [-0.05, 0) is 31.0 Å². The Labute approximate surface area is 197 Å². The fourth-order valence-corrected chi connectivity index (χ4v) is 3.89. The predicted octanol–water partition coefficient (Wildman–Crippen LogP) is 5.86. The summed E-state index contributed by atoms with van der Waals surface area (Å²) in [7, 11) is 1.53. The van der Waals surface area contributed by atoms with Crippen molar-refractivity contribution in [3.05, 3.63) is 59.1 Å². The number of anilines is 2. The molecule has 4 rings (SSSR count). The average Bonchev–Trinajstić information content (AvgIpc) is 2.81. The largest absolute Gasteiger partial charge is 0.493 e. The summed E-state index contributed by atoms with van der Waals surface area (Å²) in [5.74, 6) is 0.513. The Morgan fingerprint density at radius 1 is 1.28 bits per heavy atom. The minimum atomic E-state index is -1.10. The van der Waals surface area contributed by atoms with Gasteiger partial charge in [0, 0.05) is 31.1 Å². The number of piperidine rings is 1. The SMILES string of the molecule is [2H]C1(Oc2cc3c(Nc4ccc(Cl)c(Cl)c4F)ncnc3cc2OC)CCN(CC=C)CC1. The van der Waals surface area contributed by atoms with Crippen LogP contribution in [0.2, 0.25) is 10.0 Å². The van der Waals surface area contributed by atoms with E-state index in [0.29, 0.717) is 41.1 Å². The van der Waals surface area contributed by atoms with E-state index in [0.717, 1.165) is 19.6 Å². The van der Waals surface area contributed by atoms with E-state index in [2.05, 4.69) is 26.8 Å². The highest BCUT2D eigenvalue weighted by Gasteiger charge is 2.22. The molecule has 0 aliphatic carbocycles. The van der Waals surface area contributed by atoms with Crippen molar-refractivity contribution in [2.75, 3.05) is 32.1 Å². The van der Waals surface area contributed by atoms with E-state index in [1.807, 2.05) is 6.08 Å². The fraction of sp³-hybridized carbons (Fsp3) is 0.304. The van der Waals surface area contributed by atoms with Crippen molar-refractivity contribution in [3.63, 3.8) is 0 Å². The first-order valence-electron chi connectivity index (χ1n) is 10.6. The lowest BCUT2D eigenvalue weighted by atomic mass is 10.1. The van der Waals surface area contributed by atoms with E-state index in [4.69, 9.17) is 34.0 Å². The van der Waals surface area contributed by atoms with E-state index in [-0.39, 0.29) is 15.7 Å². The molecule has 1 aliphatic heterocycles. The smallest absolute Gasteiger partial charge is 0.166 e. The monoisotopic (exact) mass is 477 g/mol. The van der Waals surface area contributed by atoms with E-state index in [1.165, 1.54) is 25.6 Å². The van der Waals surface area contributed by atoms with Crippen LogP contribution < -0.4 is 14.8 Å². The molecule has 0 bridgehead atoms. The zero-order chi connectivity index (χ0) is 23.6. The topological polar surface area (TPSA) is 59.5 Å². The quantitative estimate of drug-likeness (QED) is 0.339. The van der Waals surface area contributed by atoms with Crippen LogP contribution in [0.1, 0.15) is 14.2 Å². The highest BCUT2D eigenvalue weighted by molar-refractivity contribution is 6.42. The first-order chi connectivity index (χ1) is 15.8. The minimum absolute atomic E-state index is 0.118. The summed E-state index contributed by atoms with van der Waals surface area (Å²) in [6.07, 6.45) is 3.19. The molecule has 6 nitrogen and oxygen atoms in total. The van der Waals surface area contributed by atoms with Gasteiger partial charge in [-0.15, -0.1) is 6.58 Å². The molecule has 168 valence electrons. The lowest BCUT2D eigenvalue weighted by molar-refractivity contribution is 0.104. The van der Waals surface area contributed by atoms with Gasteiger partial charge in [-0.3, -0.25) is 4.90 Å². The molecule has 3 aromatic rings. The summed E-state index contributed by atoms with van der Waals surface area (Å²) in [5, 5.41) is 3.47.